The van der Waals surface area contributed by atoms with Crippen LogP contribution in [-0.2, 0) is 4.74 Å². The van der Waals surface area contributed by atoms with Gasteiger partial charge in [0.15, 0.2) is 0 Å². The minimum Gasteiger partial charge on any atom is -0.377 e. The third-order valence-corrected chi connectivity index (χ3v) is 4.56. The number of carbonyl (C=O) groups excluding carboxylic acids is 1. The molecule has 1 aromatic heterocycles. The van der Waals surface area contributed by atoms with Crippen molar-refractivity contribution in [3.05, 3.63) is 15.6 Å². The van der Waals surface area contributed by atoms with Gasteiger partial charge in [-0.2, -0.15) is 0 Å². The van der Waals surface area contributed by atoms with Crippen LogP contribution in [-0.4, -0.2) is 41.7 Å². The zero-order valence-corrected chi connectivity index (χ0v) is 12.7. The van der Waals surface area contributed by atoms with Crippen molar-refractivity contribution in [2.75, 3.05) is 19.8 Å². The predicted molar refractivity (Wildman–Crippen MR) is 75.5 cm³/mol. The van der Waals surface area contributed by atoms with E-state index in [1.807, 2.05) is 32.6 Å². The summed E-state index contributed by atoms with van der Waals surface area (Å²) in [6.07, 6.45) is 0. The van der Waals surface area contributed by atoms with Gasteiger partial charge >= 0.3 is 6.03 Å². The van der Waals surface area contributed by atoms with E-state index < -0.39 is 0 Å². The molecular weight excluding hydrogens is 262 g/mol. The number of nitrogens with zero attached hydrogens (tertiary/aromatic N) is 2. The highest BCUT2D eigenvalue weighted by Crippen LogP contribution is 2.24. The van der Waals surface area contributed by atoms with E-state index >= 15 is 0 Å². The molecule has 6 heteroatoms. The van der Waals surface area contributed by atoms with Crippen LogP contribution in [0.5, 0.6) is 0 Å². The molecule has 1 aliphatic heterocycles. The smallest absolute Gasteiger partial charge is 0.318 e. The van der Waals surface area contributed by atoms with Gasteiger partial charge in [-0.05, 0) is 27.7 Å². The Morgan fingerprint density at radius 3 is 2.89 bits per heavy atom. The Bertz CT molecular complexity index is 461. The summed E-state index contributed by atoms with van der Waals surface area (Å²) in [5, 5.41) is 4.09. The van der Waals surface area contributed by atoms with E-state index in [9.17, 15) is 4.79 Å². The average Bonchev–Trinajstić information content (AvgIpc) is 2.69. The second-order valence-electron chi connectivity index (χ2n) is 4.97. The first-order valence-corrected chi connectivity index (χ1v) is 7.39. The summed E-state index contributed by atoms with van der Waals surface area (Å²) in [4.78, 5) is 19.6. The summed E-state index contributed by atoms with van der Waals surface area (Å²) in [7, 11) is 0. The highest BCUT2D eigenvalue weighted by atomic mass is 32.1. The van der Waals surface area contributed by atoms with E-state index in [4.69, 9.17) is 4.74 Å². The number of rotatable bonds is 2. The first kappa shape index (κ1) is 14.3. The number of thiazole rings is 1. The summed E-state index contributed by atoms with van der Waals surface area (Å²) in [5.74, 6) is 0. The van der Waals surface area contributed by atoms with E-state index in [0.29, 0.717) is 19.8 Å². The number of carbonyl (C=O) groups is 1. The fourth-order valence-corrected chi connectivity index (χ4v) is 3.24. The molecule has 1 N–H and O–H groups in total. The van der Waals surface area contributed by atoms with Gasteiger partial charge in [-0.15, -0.1) is 11.3 Å². The molecule has 2 rings (SSSR count). The first-order valence-electron chi connectivity index (χ1n) is 6.58. The summed E-state index contributed by atoms with van der Waals surface area (Å²) in [6.45, 7) is 9.86. The Hall–Kier alpha value is -1.14. The number of morpholine rings is 1. The van der Waals surface area contributed by atoms with Gasteiger partial charge in [-0.1, -0.05) is 0 Å². The SMILES string of the molecule is Cc1nc(C)c([C@H](C)NC(=O)N2CCOC[C@@H]2C)s1. The van der Waals surface area contributed by atoms with Crippen LogP contribution in [0.2, 0.25) is 0 Å². The Morgan fingerprint density at radius 1 is 1.58 bits per heavy atom. The molecule has 0 aromatic carbocycles. The maximum absolute atomic E-state index is 12.3. The number of urea groups is 1. The van der Waals surface area contributed by atoms with Gasteiger partial charge in [0, 0.05) is 11.4 Å². The standard InChI is InChI=1S/C13H21N3O2S/c1-8-7-18-6-5-16(8)13(17)15-10(3)12-9(2)14-11(4)19-12/h8,10H,5-7H2,1-4H3,(H,15,17)/t8-,10-/m0/s1. The fourth-order valence-electron chi connectivity index (χ4n) is 2.31. The van der Waals surface area contributed by atoms with E-state index in [-0.39, 0.29) is 18.1 Å². The topological polar surface area (TPSA) is 54.5 Å². The number of aromatic nitrogens is 1. The summed E-state index contributed by atoms with van der Waals surface area (Å²) in [5.41, 5.74) is 1.00. The number of hydrogen-bond acceptors (Lipinski definition) is 4. The van der Waals surface area contributed by atoms with Crippen molar-refractivity contribution < 1.29 is 9.53 Å². The summed E-state index contributed by atoms with van der Waals surface area (Å²) in [6, 6.07) is 0.104. The van der Waals surface area contributed by atoms with Crippen molar-refractivity contribution in [3.63, 3.8) is 0 Å². The lowest BCUT2D eigenvalue weighted by molar-refractivity contribution is 0.0185. The van der Waals surface area contributed by atoms with Crippen LogP contribution in [0.3, 0.4) is 0 Å². The minimum absolute atomic E-state index is 0.00579. The Labute approximate surface area is 118 Å². The van der Waals surface area contributed by atoms with Gasteiger partial charge in [0.05, 0.1) is 36.0 Å². The molecule has 5 nitrogen and oxygen atoms in total. The number of aryl methyl sites for hydroxylation is 2. The van der Waals surface area contributed by atoms with Crippen LogP contribution in [0, 0.1) is 13.8 Å². The van der Waals surface area contributed by atoms with Crippen molar-refractivity contribution >= 4 is 17.4 Å². The van der Waals surface area contributed by atoms with E-state index in [1.165, 1.54) is 0 Å². The van der Waals surface area contributed by atoms with Crippen molar-refractivity contribution in [1.82, 2.24) is 15.2 Å². The maximum Gasteiger partial charge on any atom is 0.318 e. The zero-order valence-electron chi connectivity index (χ0n) is 11.9. The number of hydrogen-bond donors (Lipinski definition) is 1. The number of amides is 2. The molecule has 0 radical (unpaired) electrons. The van der Waals surface area contributed by atoms with Gasteiger partial charge in [-0.25, -0.2) is 9.78 Å². The van der Waals surface area contributed by atoms with Crippen molar-refractivity contribution in [3.8, 4) is 0 Å². The summed E-state index contributed by atoms with van der Waals surface area (Å²) >= 11 is 1.64. The van der Waals surface area contributed by atoms with Crippen LogP contribution >= 0.6 is 11.3 Å². The molecule has 0 saturated carbocycles. The molecule has 0 bridgehead atoms. The molecule has 1 fully saturated rings. The third kappa shape index (κ3) is 3.25. The van der Waals surface area contributed by atoms with Crippen molar-refractivity contribution in [2.45, 2.75) is 39.8 Å². The van der Waals surface area contributed by atoms with E-state index in [2.05, 4.69) is 10.3 Å². The second kappa shape index (κ2) is 5.88. The van der Waals surface area contributed by atoms with Crippen molar-refractivity contribution in [1.29, 1.82) is 0 Å². The summed E-state index contributed by atoms with van der Waals surface area (Å²) < 4.78 is 5.34. The molecule has 2 atom stereocenters. The van der Waals surface area contributed by atoms with Crippen LogP contribution < -0.4 is 5.32 Å². The minimum atomic E-state index is -0.0197. The molecular formula is C13H21N3O2S. The average molecular weight is 283 g/mol. The monoisotopic (exact) mass is 283 g/mol. The van der Waals surface area contributed by atoms with Gasteiger partial charge in [0.2, 0.25) is 0 Å². The molecule has 2 heterocycles. The van der Waals surface area contributed by atoms with Gasteiger partial charge < -0.3 is 15.0 Å². The maximum atomic E-state index is 12.3. The van der Waals surface area contributed by atoms with Crippen LogP contribution in [0.15, 0.2) is 0 Å². The highest BCUT2D eigenvalue weighted by Gasteiger charge is 2.25. The number of ether oxygens (including phenoxy) is 1. The lowest BCUT2D eigenvalue weighted by Gasteiger charge is -2.34. The lowest BCUT2D eigenvalue weighted by Crippen LogP contribution is -2.51. The second-order valence-corrected chi connectivity index (χ2v) is 6.21. The molecule has 2 amide bonds. The van der Waals surface area contributed by atoms with Gasteiger partial charge in [-0.3, -0.25) is 0 Å². The largest absolute Gasteiger partial charge is 0.377 e. The Kier molecular flexibility index (Phi) is 4.42. The predicted octanol–water partition coefficient (Wildman–Crippen LogP) is 2.25. The lowest BCUT2D eigenvalue weighted by atomic mass is 10.2. The molecule has 19 heavy (non-hydrogen) atoms. The molecule has 1 saturated heterocycles. The van der Waals surface area contributed by atoms with Crippen LogP contribution in [0.4, 0.5) is 4.79 Å². The molecule has 0 aliphatic carbocycles. The Balaban J connectivity index is 2.00. The van der Waals surface area contributed by atoms with Crippen molar-refractivity contribution in [2.24, 2.45) is 0 Å². The van der Waals surface area contributed by atoms with Crippen LogP contribution in [0.25, 0.3) is 0 Å². The molecule has 1 aromatic rings. The third-order valence-electron chi connectivity index (χ3n) is 3.30. The quantitative estimate of drug-likeness (QED) is 0.905. The Morgan fingerprint density at radius 2 is 2.32 bits per heavy atom. The molecule has 0 spiro atoms. The normalized spacial score (nSPS) is 21.3. The zero-order chi connectivity index (χ0) is 14.0. The number of nitrogens with one attached hydrogen (secondary N) is 1. The van der Waals surface area contributed by atoms with E-state index in [1.54, 1.807) is 11.3 Å². The first-order chi connectivity index (χ1) is 8.99. The molecule has 1 aliphatic rings. The molecule has 106 valence electrons. The van der Waals surface area contributed by atoms with Crippen LogP contribution in [0.1, 0.15) is 35.5 Å². The van der Waals surface area contributed by atoms with E-state index in [0.717, 1.165) is 15.6 Å². The van der Waals surface area contributed by atoms with Gasteiger partial charge in [0.25, 0.3) is 0 Å². The molecule has 0 unspecified atom stereocenters. The fraction of sp³-hybridized carbons (Fsp3) is 0.692. The van der Waals surface area contributed by atoms with Gasteiger partial charge in [0.1, 0.15) is 0 Å². The highest BCUT2D eigenvalue weighted by molar-refractivity contribution is 7.11.